The third-order valence-corrected chi connectivity index (χ3v) is 1.68. The van der Waals surface area contributed by atoms with Gasteiger partial charge in [-0.2, -0.15) is 0 Å². The lowest BCUT2D eigenvalue weighted by molar-refractivity contribution is -0.137. The molecule has 4 N–H and O–H groups in total. The van der Waals surface area contributed by atoms with Crippen LogP contribution in [-0.2, 0) is 9.59 Å². The van der Waals surface area contributed by atoms with Crippen LogP contribution in [0, 0.1) is 5.92 Å². The summed E-state index contributed by atoms with van der Waals surface area (Å²) < 4.78 is 0. The van der Waals surface area contributed by atoms with Crippen molar-refractivity contribution in [1.29, 1.82) is 0 Å². The van der Waals surface area contributed by atoms with E-state index in [1.165, 1.54) is 0 Å². The fourth-order valence-corrected chi connectivity index (χ4v) is 0.999. The number of nitrogens with one attached hydrogen (secondary N) is 1. The minimum Gasteiger partial charge on any atom is -0.481 e. The van der Waals surface area contributed by atoms with Gasteiger partial charge in [0.15, 0.2) is 0 Å². The van der Waals surface area contributed by atoms with Gasteiger partial charge in [-0.1, -0.05) is 13.8 Å². The number of carboxylic acid groups (broad SMARTS) is 1. The molecule has 0 saturated heterocycles. The van der Waals surface area contributed by atoms with Gasteiger partial charge in [-0.3, -0.25) is 9.59 Å². The summed E-state index contributed by atoms with van der Waals surface area (Å²) in [5, 5.41) is 11.1. The molecule has 1 atom stereocenters. The molecular weight excluding hydrogens is 172 g/mol. The second kappa shape index (κ2) is 5.53. The normalized spacial score (nSPS) is 12.8. The highest BCUT2D eigenvalue weighted by atomic mass is 16.4. The summed E-state index contributed by atoms with van der Waals surface area (Å²) in [6, 6.07) is -0.445. The summed E-state index contributed by atoms with van der Waals surface area (Å²) in [6.07, 6.45) is -0.00347. The summed E-state index contributed by atoms with van der Waals surface area (Å²) in [7, 11) is 0. The van der Waals surface area contributed by atoms with E-state index in [0.29, 0.717) is 0 Å². The van der Waals surface area contributed by atoms with Gasteiger partial charge in [0.05, 0.1) is 12.5 Å². The first-order valence-corrected chi connectivity index (χ1v) is 4.19. The van der Waals surface area contributed by atoms with Gasteiger partial charge in [-0.05, 0) is 5.92 Å². The van der Waals surface area contributed by atoms with Crippen molar-refractivity contribution in [1.82, 2.24) is 5.32 Å². The van der Waals surface area contributed by atoms with Crippen LogP contribution in [0.5, 0.6) is 0 Å². The van der Waals surface area contributed by atoms with Crippen molar-refractivity contribution in [3.05, 3.63) is 0 Å². The molecule has 0 aromatic carbocycles. The van der Waals surface area contributed by atoms with Crippen molar-refractivity contribution in [2.24, 2.45) is 11.7 Å². The quantitative estimate of drug-likeness (QED) is 0.527. The number of hydrogen-bond acceptors (Lipinski definition) is 3. The summed E-state index contributed by atoms with van der Waals surface area (Å²) in [6.45, 7) is 3.97. The molecular formula is C8H16N2O3. The summed E-state index contributed by atoms with van der Waals surface area (Å²) in [5.74, 6) is -1.26. The first-order chi connectivity index (χ1) is 5.95. The van der Waals surface area contributed by atoms with Crippen LogP contribution in [0.25, 0.3) is 0 Å². The van der Waals surface area contributed by atoms with Crippen molar-refractivity contribution in [2.75, 3.05) is 6.54 Å². The number of hydrogen-bond donors (Lipinski definition) is 3. The van der Waals surface area contributed by atoms with E-state index in [1.807, 2.05) is 13.8 Å². The topological polar surface area (TPSA) is 92.4 Å². The maximum atomic E-state index is 10.8. The van der Waals surface area contributed by atoms with E-state index in [9.17, 15) is 9.59 Å². The molecule has 0 bridgehead atoms. The second-order valence-corrected chi connectivity index (χ2v) is 3.22. The van der Waals surface area contributed by atoms with E-state index in [0.717, 1.165) is 0 Å². The lowest BCUT2D eigenvalue weighted by Crippen LogP contribution is -2.45. The molecule has 0 aromatic heterocycles. The van der Waals surface area contributed by atoms with Gasteiger partial charge < -0.3 is 16.2 Å². The third-order valence-electron chi connectivity index (χ3n) is 1.68. The second-order valence-electron chi connectivity index (χ2n) is 3.22. The van der Waals surface area contributed by atoms with Gasteiger partial charge in [-0.15, -0.1) is 0 Å². The van der Waals surface area contributed by atoms with Gasteiger partial charge >= 0.3 is 5.97 Å². The van der Waals surface area contributed by atoms with E-state index in [-0.39, 0.29) is 18.9 Å². The molecule has 0 spiro atoms. The van der Waals surface area contributed by atoms with Crippen molar-refractivity contribution in [2.45, 2.75) is 26.3 Å². The minimum atomic E-state index is -0.889. The largest absolute Gasteiger partial charge is 0.481 e. The Labute approximate surface area is 77.3 Å². The van der Waals surface area contributed by atoms with Crippen molar-refractivity contribution in [3.63, 3.8) is 0 Å². The average molecular weight is 188 g/mol. The number of carbonyl (C=O) groups is 2. The lowest BCUT2D eigenvalue weighted by Gasteiger charge is -2.18. The Morgan fingerprint density at radius 3 is 2.31 bits per heavy atom. The molecule has 1 amide bonds. The first kappa shape index (κ1) is 11.9. The van der Waals surface area contributed by atoms with E-state index >= 15 is 0 Å². The number of primary amides is 1. The van der Waals surface area contributed by atoms with Gasteiger partial charge in [0.25, 0.3) is 0 Å². The number of amides is 1. The predicted octanol–water partition coefficient (Wildman–Crippen LogP) is -0.439. The number of carboxylic acids is 1. The molecule has 13 heavy (non-hydrogen) atoms. The average Bonchev–Trinajstić information content (AvgIpc) is 1.95. The van der Waals surface area contributed by atoms with E-state index < -0.39 is 17.9 Å². The Kier molecular flexibility index (Phi) is 5.06. The monoisotopic (exact) mass is 188 g/mol. The van der Waals surface area contributed by atoms with Gasteiger partial charge in [0, 0.05) is 6.54 Å². The number of nitrogens with two attached hydrogens (primary N) is 1. The molecule has 0 radical (unpaired) electrons. The van der Waals surface area contributed by atoms with Crippen LogP contribution in [0.4, 0.5) is 0 Å². The Morgan fingerprint density at radius 1 is 1.46 bits per heavy atom. The molecule has 0 aromatic rings. The Bertz CT molecular complexity index is 192. The Balaban J connectivity index is 3.84. The molecule has 0 saturated carbocycles. The number of carbonyl (C=O) groups excluding carboxylic acids is 1. The molecule has 0 aliphatic rings. The van der Waals surface area contributed by atoms with E-state index in [4.69, 9.17) is 10.8 Å². The zero-order chi connectivity index (χ0) is 10.4. The third kappa shape index (κ3) is 5.19. The van der Waals surface area contributed by atoms with Crippen molar-refractivity contribution in [3.8, 4) is 0 Å². The molecule has 0 aliphatic carbocycles. The van der Waals surface area contributed by atoms with Crippen LogP contribution in [0.1, 0.15) is 20.3 Å². The highest BCUT2D eigenvalue weighted by molar-refractivity contribution is 5.80. The standard InChI is InChI=1S/C8H16N2O3/c1-5(2)7(8(9)13)10-4-3-6(11)12/h5,7,10H,3-4H2,1-2H3,(H2,9,13)(H,11,12). The molecule has 5 heteroatoms. The zero-order valence-electron chi connectivity index (χ0n) is 7.91. The maximum absolute atomic E-state index is 10.8. The van der Waals surface area contributed by atoms with Gasteiger partial charge in [0.1, 0.15) is 0 Å². The summed E-state index contributed by atoms with van der Waals surface area (Å²) >= 11 is 0. The van der Waals surface area contributed by atoms with Gasteiger partial charge in [-0.25, -0.2) is 0 Å². The molecule has 0 aliphatic heterocycles. The Hall–Kier alpha value is -1.10. The SMILES string of the molecule is CC(C)C(NCCC(=O)O)C(N)=O. The lowest BCUT2D eigenvalue weighted by atomic mass is 10.0. The van der Waals surface area contributed by atoms with Crippen LogP contribution in [0.2, 0.25) is 0 Å². The molecule has 5 nitrogen and oxygen atoms in total. The molecule has 0 rings (SSSR count). The smallest absolute Gasteiger partial charge is 0.304 e. The molecule has 0 fully saturated rings. The highest BCUT2D eigenvalue weighted by Gasteiger charge is 2.18. The molecule has 0 heterocycles. The maximum Gasteiger partial charge on any atom is 0.304 e. The van der Waals surface area contributed by atoms with Gasteiger partial charge in [0.2, 0.25) is 5.91 Å². The fraction of sp³-hybridized carbons (Fsp3) is 0.750. The van der Waals surface area contributed by atoms with Crippen LogP contribution in [0.15, 0.2) is 0 Å². The predicted molar refractivity (Wildman–Crippen MR) is 48.1 cm³/mol. The van der Waals surface area contributed by atoms with Crippen LogP contribution in [-0.4, -0.2) is 29.6 Å². The minimum absolute atomic E-state index is 0.00347. The van der Waals surface area contributed by atoms with Crippen LogP contribution >= 0.6 is 0 Å². The molecule has 1 unspecified atom stereocenters. The fourth-order valence-electron chi connectivity index (χ4n) is 0.999. The van der Waals surface area contributed by atoms with Crippen molar-refractivity contribution < 1.29 is 14.7 Å². The number of rotatable bonds is 6. The summed E-state index contributed by atoms with van der Waals surface area (Å²) in [5.41, 5.74) is 5.11. The molecule has 76 valence electrons. The number of aliphatic carboxylic acids is 1. The van der Waals surface area contributed by atoms with E-state index in [1.54, 1.807) is 0 Å². The Morgan fingerprint density at radius 2 is 2.00 bits per heavy atom. The zero-order valence-corrected chi connectivity index (χ0v) is 7.91. The van der Waals surface area contributed by atoms with Crippen molar-refractivity contribution >= 4 is 11.9 Å². The highest BCUT2D eigenvalue weighted by Crippen LogP contribution is 2.00. The first-order valence-electron chi connectivity index (χ1n) is 4.19. The van der Waals surface area contributed by atoms with Crippen LogP contribution in [0.3, 0.4) is 0 Å². The summed E-state index contributed by atoms with van der Waals surface area (Å²) in [4.78, 5) is 21.0. The van der Waals surface area contributed by atoms with Crippen LogP contribution < -0.4 is 11.1 Å². The van der Waals surface area contributed by atoms with E-state index in [2.05, 4.69) is 5.32 Å².